The van der Waals surface area contributed by atoms with Crippen molar-refractivity contribution in [2.75, 3.05) is 7.05 Å². The van der Waals surface area contributed by atoms with Gasteiger partial charge in [0.15, 0.2) is 0 Å². The number of rotatable bonds is 4. The van der Waals surface area contributed by atoms with Gasteiger partial charge in [-0.1, -0.05) is 45.0 Å². The van der Waals surface area contributed by atoms with Crippen LogP contribution in [0.25, 0.3) is 0 Å². The van der Waals surface area contributed by atoms with Gasteiger partial charge in [-0.2, -0.15) is 5.10 Å². The summed E-state index contributed by atoms with van der Waals surface area (Å²) in [5.74, 6) is 0. The first-order valence-electron chi connectivity index (χ1n) is 7.59. The first-order chi connectivity index (χ1) is 9.82. The summed E-state index contributed by atoms with van der Waals surface area (Å²) in [6.07, 6.45) is 0.945. The Labute approximate surface area is 128 Å². The summed E-state index contributed by atoms with van der Waals surface area (Å²) >= 11 is 0. The fraction of sp³-hybridized carbons (Fsp3) is 0.500. The van der Waals surface area contributed by atoms with Crippen LogP contribution in [0.3, 0.4) is 0 Å². The molecule has 2 rings (SSSR count). The molecule has 0 aliphatic carbocycles. The van der Waals surface area contributed by atoms with E-state index in [1.165, 1.54) is 16.8 Å². The smallest absolute Gasteiger partial charge is 0.0596 e. The van der Waals surface area contributed by atoms with Gasteiger partial charge in [-0.3, -0.25) is 4.68 Å². The monoisotopic (exact) mass is 285 g/mol. The molecule has 1 N–H and O–H groups in total. The van der Waals surface area contributed by atoms with E-state index in [-0.39, 0.29) is 5.41 Å². The first-order valence-corrected chi connectivity index (χ1v) is 7.59. The van der Waals surface area contributed by atoms with E-state index in [1.54, 1.807) is 0 Å². The van der Waals surface area contributed by atoms with Crippen molar-refractivity contribution in [2.45, 2.75) is 45.6 Å². The molecule has 3 nitrogen and oxygen atoms in total. The molecule has 1 aromatic carbocycles. The second-order valence-electron chi connectivity index (χ2n) is 6.78. The molecule has 114 valence electrons. The molecule has 0 saturated heterocycles. The van der Waals surface area contributed by atoms with Crippen molar-refractivity contribution in [3.8, 4) is 0 Å². The lowest BCUT2D eigenvalue weighted by Gasteiger charge is -2.27. The summed E-state index contributed by atoms with van der Waals surface area (Å²) in [5.41, 5.74) is 5.27. The number of aryl methyl sites for hydroxylation is 2. The van der Waals surface area contributed by atoms with Gasteiger partial charge in [0.05, 0.1) is 5.69 Å². The molecule has 0 aliphatic heterocycles. The molecular formula is C18H27N3. The van der Waals surface area contributed by atoms with E-state index >= 15 is 0 Å². The molecule has 21 heavy (non-hydrogen) atoms. The fourth-order valence-corrected chi connectivity index (χ4v) is 2.92. The Balaban J connectivity index is 2.36. The number of hydrogen-bond donors (Lipinski definition) is 1. The zero-order valence-corrected chi connectivity index (χ0v) is 14.1. The summed E-state index contributed by atoms with van der Waals surface area (Å²) in [6.45, 7) is 8.85. The Morgan fingerprint density at radius 2 is 1.90 bits per heavy atom. The van der Waals surface area contributed by atoms with E-state index in [9.17, 15) is 0 Å². The van der Waals surface area contributed by atoms with Crippen molar-refractivity contribution in [1.82, 2.24) is 15.1 Å². The number of likely N-dealkylation sites (N-methyl/N-ethyl adjacent to an activating group) is 1. The average Bonchev–Trinajstić information content (AvgIpc) is 2.73. The highest BCUT2D eigenvalue weighted by Gasteiger charge is 2.22. The molecule has 1 unspecified atom stereocenters. The highest BCUT2D eigenvalue weighted by molar-refractivity contribution is 5.36. The van der Waals surface area contributed by atoms with Gasteiger partial charge in [0, 0.05) is 25.2 Å². The van der Waals surface area contributed by atoms with Crippen molar-refractivity contribution >= 4 is 0 Å². The van der Waals surface area contributed by atoms with Crippen LogP contribution in [0.5, 0.6) is 0 Å². The molecule has 1 heterocycles. The van der Waals surface area contributed by atoms with Crippen LogP contribution in [0.4, 0.5) is 0 Å². The fourth-order valence-electron chi connectivity index (χ4n) is 2.92. The lowest BCUT2D eigenvalue weighted by Crippen LogP contribution is -2.24. The molecule has 1 atom stereocenters. The third-order valence-corrected chi connectivity index (χ3v) is 4.00. The minimum absolute atomic E-state index is 0.147. The highest BCUT2D eigenvalue weighted by Crippen LogP contribution is 2.31. The third kappa shape index (κ3) is 3.53. The maximum absolute atomic E-state index is 4.45. The summed E-state index contributed by atoms with van der Waals surface area (Å²) in [4.78, 5) is 0. The molecular weight excluding hydrogens is 258 g/mol. The van der Waals surface area contributed by atoms with E-state index in [0.717, 1.165) is 12.1 Å². The van der Waals surface area contributed by atoms with Crippen molar-refractivity contribution in [3.05, 3.63) is 52.8 Å². The van der Waals surface area contributed by atoms with E-state index < -0.39 is 0 Å². The van der Waals surface area contributed by atoms with E-state index in [2.05, 4.69) is 61.5 Å². The number of benzene rings is 1. The minimum Gasteiger partial charge on any atom is -0.313 e. The number of nitrogens with zero attached hydrogens (tertiary/aromatic N) is 2. The summed E-state index contributed by atoms with van der Waals surface area (Å²) in [7, 11) is 4.05. The van der Waals surface area contributed by atoms with Gasteiger partial charge in [-0.05, 0) is 36.6 Å². The summed E-state index contributed by atoms with van der Waals surface area (Å²) in [5, 5.41) is 7.93. The number of aromatic nitrogens is 2. The lowest BCUT2D eigenvalue weighted by molar-refractivity contribution is 0.526. The second kappa shape index (κ2) is 6.02. The van der Waals surface area contributed by atoms with Crippen LogP contribution in [0.1, 0.15) is 49.3 Å². The lowest BCUT2D eigenvalue weighted by atomic mass is 9.81. The van der Waals surface area contributed by atoms with E-state index in [0.29, 0.717) is 6.04 Å². The largest absolute Gasteiger partial charge is 0.313 e. The van der Waals surface area contributed by atoms with Crippen LogP contribution in [-0.4, -0.2) is 16.8 Å². The van der Waals surface area contributed by atoms with Crippen LogP contribution in [0.15, 0.2) is 30.3 Å². The summed E-state index contributed by atoms with van der Waals surface area (Å²) in [6, 6.07) is 11.2. The molecule has 1 aromatic heterocycles. The Hall–Kier alpha value is -1.61. The zero-order valence-electron chi connectivity index (χ0n) is 14.1. The predicted octanol–water partition coefficient (Wildman–Crippen LogP) is 3.53. The quantitative estimate of drug-likeness (QED) is 0.931. The van der Waals surface area contributed by atoms with Crippen LogP contribution in [-0.2, 0) is 18.9 Å². The van der Waals surface area contributed by atoms with Gasteiger partial charge in [-0.15, -0.1) is 0 Å². The highest BCUT2D eigenvalue weighted by atomic mass is 15.3. The molecule has 0 saturated carbocycles. The van der Waals surface area contributed by atoms with Crippen molar-refractivity contribution in [2.24, 2.45) is 7.05 Å². The molecule has 0 bridgehead atoms. The van der Waals surface area contributed by atoms with Gasteiger partial charge in [0.2, 0.25) is 0 Å². The molecule has 3 heteroatoms. The van der Waals surface area contributed by atoms with Gasteiger partial charge < -0.3 is 5.32 Å². The van der Waals surface area contributed by atoms with E-state index in [1.807, 2.05) is 25.7 Å². The molecule has 0 amide bonds. The molecule has 2 aromatic rings. The molecule has 0 spiro atoms. The minimum atomic E-state index is 0.147. The van der Waals surface area contributed by atoms with Crippen molar-refractivity contribution < 1.29 is 0 Å². The van der Waals surface area contributed by atoms with Crippen molar-refractivity contribution in [1.29, 1.82) is 0 Å². The van der Waals surface area contributed by atoms with Gasteiger partial charge in [0.25, 0.3) is 0 Å². The van der Waals surface area contributed by atoms with Gasteiger partial charge in [-0.25, -0.2) is 0 Å². The maximum atomic E-state index is 4.45. The Kier molecular flexibility index (Phi) is 4.52. The SMILES string of the molecule is CNC(Cc1cc(C)nn1C)c1ccccc1C(C)(C)C. The first kappa shape index (κ1) is 15.8. The number of hydrogen-bond acceptors (Lipinski definition) is 2. The van der Waals surface area contributed by atoms with Gasteiger partial charge >= 0.3 is 0 Å². The maximum Gasteiger partial charge on any atom is 0.0596 e. The zero-order chi connectivity index (χ0) is 15.6. The average molecular weight is 285 g/mol. The standard InChI is InChI=1S/C18H27N3/c1-13-11-14(21(6)20-13)12-17(19-5)15-9-7-8-10-16(15)18(2,3)4/h7-11,17,19H,12H2,1-6H3. The molecule has 0 aliphatic rings. The summed E-state index contributed by atoms with van der Waals surface area (Å²) < 4.78 is 1.99. The Morgan fingerprint density at radius 3 is 2.43 bits per heavy atom. The Morgan fingerprint density at radius 1 is 1.24 bits per heavy atom. The molecule has 0 fully saturated rings. The van der Waals surface area contributed by atoms with Crippen LogP contribution in [0.2, 0.25) is 0 Å². The normalized spacial score (nSPS) is 13.4. The van der Waals surface area contributed by atoms with Gasteiger partial charge in [0.1, 0.15) is 0 Å². The predicted molar refractivity (Wildman–Crippen MR) is 88.6 cm³/mol. The number of nitrogens with one attached hydrogen (secondary N) is 1. The van der Waals surface area contributed by atoms with Crippen LogP contribution < -0.4 is 5.32 Å². The molecule has 0 radical (unpaired) electrons. The van der Waals surface area contributed by atoms with Crippen LogP contribution in [0, 0.1) is 6.92 Å². The Bertz CT molecular complexity index is 605. The second-order valence-corrected chi connectivity index (χ2v) is 6.78. The van der Waals surface area contributed by atoms with Crippen molar-refractivity contribution in [3.63, 3.8) is 0 Å². The van der Waals surface area contributed by atoms with E-state index in [4.69, 9.17) is 0 Å². The van der Waals surface area contributed by atoms with Crippen LogP contribution >= 0.6 is 0 Å². The topological polar surface area (TPSA) is 29.9 Å². The third-order valence-electron chi connectivity index (χ3n) is 4.00.